The highest BCUT2D eigenvalue weighted by atomic mass is 32.2. The van der Waals surface area contributed by atoms with Crippen molar-refractivity contribution in [3.63, 3.8) is 0 Å². The zero-order valence-corrected chi connectivity index (χ0v) is 17.3. The van der Waals surface area contributed by atoms with Gasteiger partial charge in [0.25, 0.3) is 5.91 Å². The van der Waals surface area contributed by atoms with Crippen molar-refractivity contribution in [2.45, 2.75) is 30.6 Å². The quantitative estimate of drug-likeness (QED) is 0.265. The van der Waals surface area contributed by atoms with E-state index in [2.05, 4.69) is 10.3 Å². The first-order valence-corrected chi connectivity index (χ1v) is 10.6. The van der Waals surface area contributed by atoms with Crippen LogP contribution >= 0.6 is 11.8 Å². The number of pyridine rings is 1. The summed E-state index contributed by atoms with van der Waals surface area (Å²) in [5.74, 6) is -0.0325. The fourth-order valence-electron chi connectivity index (χ4n) is 2.91. The summed E-state index contributed by atoms with van der Waals surface area (Å²) in [5.41, 5.74) is 1.17. The van der Waals surface area contributed by atoms with Crippen LogP contribution in [0.1, 0.15) is 33.5 Å². The predicted molar refractivity (Wildman–Crippen MR) is 112 cm³/mol. The summed E-state index contributed by atoms with van der Waals surface area (Å²) in [7, 11) is 0. The number of nitrogens with one attached hydrogen (secondary N) is 1. The Bertz CT molecular complexity index is 1020. The summed E-state index contributed by atoms with van der Waals surface area (Å²) in [4.78, 5) is 16.8. The Kier molecular flexibility index (Phi) is 7.68. The number of benzene rings is 2. The second-order valence-electron chi connectivity index (χ2n) is 6.82. The third kappa shape index (κ3) is 6.82. The van der Waals surface area contributed by atoms with E-state index in [1.54, 1.807) is 36.5 Å². The Hall–Kier alpha value is -2.87. The third-order valence-electron chi connectivity index (χ3n) is 4.48. The predicted octanol–water partition coefficient (Wildman–Crippen LogP) is 5.89. The van der Waals surface area contributed by atoms with E-state index < -0.39 is 11.7 Å². The van der Waals surface area contributed by atoms with Crippen molar-refractivity contribution in [2.75, 3.05) is 5.75 Å². The Balaban J connectivity index is 1.53. The average Bonchev–Trinajstić information content (AvgIpc) is 2.76. The van der Waals surface area contributed by atoms with Crippen LogP contribution in [-0.4, -0.2) is 16.6 Å². The molecule has 0 atom stereocenters. The molecule has 3 aromatic rings. The molecule has 0 aliphatic heterocycles. The molecule has 1 N–H and O–H groups in total. The number of aryl methyl sites for hydroxylation is 1. The standard InChI is InChI=1S/C23H20F4N2OS/c24-19-10-8-17(9-11-19)15-29-21(30)20-7-2-12-28-22(20)31-13-3-5-16-4-1-6-18(14-16)23(25,26)27/h1-2,4,6-12,14H,3,5,13,15H2,(H,29,30). The fourth-order valence-corrected chi connectivity index (χ4v) is 3.84. The van der Waals surface area contributed by atoms with Gasteiger partial charge in [-0.25, -0.2) is 9.37 Å². The van der Waals surface area contributed by atoms with Crippen LogP contribution in [0.5, 0.6) is 0 Å². The molecule has 0 bridgehead atoms. The van der Waals surface area contributed by atoms with E-state index in [1.165, 1.54) is 36.0 Å². The number of carbonyl (C=O) groups excluding carboxylic acids is 1. The van der Waals surface area contributed by atoms with Crippen LogP contribution in [0.2, 0.25) is 0 Å². The van der Waals surface area contributed by atoms with Crippen molar-refractivity contribution in [1.29, 1.82) is 0 Å². The topological polar surface area (TPSA) is 42.0 Å². The van der Waals surface area contributed by atoms with E-state index >= 15 is 0 Å². The molecule has 0 radical (unpaired) electrons. The van der Waals surface area contributed by atoms with Crippen LogP contribution < -0.4 is 5.32 Å². The first-order valence-electron chi connectivity index (χ1n) is 9.59. The summed E-state index contributed by atoms with van der Waals surface area (Å²) < 4.78 is 51.4. The molecule has 0 saturated heterocycles. The summed E-state index contributed by atoms with van der Waals surface area (Å²) in [6, 6.07) is 14.5. The van der Waals surface area contributed by atoms with Gasteiger partial charge in [0.1, 0.15) is 10.8 Å². The van der Waals surface area contributed by atoms with Gasteiger partial charge in [0.15, 0.2) is 0 Å². The van der Waals surface area contributed by atoms with Crippen molar-refractivity contribution >= 4 is 17.7 Å². The van der Waals surface area contributed by atoms with Crippen LogP contribution in [0.4, 0.5) is 17.6 Å². The molecule has 2 aromatic carbocycles. The number of thioether (sulfide) groups is 1. The summed E-state index contributed by atoms with van der Waals surface area (Å²) >= 11 is 1.38. The van der Waals surface area contributed by atoms with Crippen LogP contribution in [0.15, 0.2) is 71.9 Å². The number of hydrogen-bond donors (Lipinski definition) is 1. The van der Waals surface area contributed by atoms with E-state index in [1.807, 2.05) is 0 Å². The molecule has 0 aliphatic carbocycles. The minimum atomic E-state index is -4.35. The zero-order valence-electron chi connectivity index (χ0n) is 16.5. The first kappa shape index (κ1) is 22.8. The van der Waals surface area contributed by atoms with Gasteiger partial charge in [-0.2, -0.15) is 13.2 Å². The maximum absolute atomic E-state index is 13.0. The van der Waals surface area contributed by atoms with Crippen LogP contribution in [0.3, 0.4) is 0 Å². The van der Waals surface area contributed by atoms with E-state index in [4.69, 9.17) is 0 Å². The second-order valence-corrected chi connectivity index (χ2v) is 7.90. The number of nitrogens with zero attached hydrogens (tertiary/aromatic N) is 1. The minimum Gasteiger partial charge on any atom is -0.348 e. The van der Waals surface area contributed by atoms with Crippen LogP contribution in [-0.2, 0) is 19.1 Å². The molecule has 0 saturated carbocycles. The Morgan fingerprint density at radius 1 is 1.00 bits per heavy atom. The number of rotatable bonds is 8. The number of carbonyl (C=O) groups is 1. The Labute approximate surface area is 181 Å². The fraction of sp³-hybridized carbons (Fsp3) is 0.217. The van der Waals surface area contributed by atoms with E-state index in [9.17, 15) is 22.4 Å². The Morgan fingerprint density at radius 2 is 1.77 bits per heavy atom. The molecule has 31 heavy (non-hydrogen) atoms. The third-order valence-corrected chi connectivity index (χ3v) is 5.58. The smallest absolute Gasteiger partial charge is 0.348 e. The van der Waals surface area contributed by atoms with Gasteiger partial charge in [0.05, 0.1) is 11.1 Å². The lowest BCUT2D eigenvalue weighted by Crippen LogP contribution is -2.23. The van der Waals surface area contributed by atoms with Gasteiger partial charge in [-0.15, -0.1) is 11.8 Å². The van der Waals surface area contributed by atoms with E-state index in [-0.39, 0.29) is 18.3 Å². The van der Waals surface area contributed by atoms with Gasteiger partial charge in [-0.3, -0.25) is 4.79 Å². The number of hydrogen-bond acceptors (Lipinski definition) is 3. The van der Waals surface area contributed by atoms with Gasteiger partial charge >= 0.3 is 6.18 Å². The number of alkyl halides is 3. The lowest BCUT2D eigenvalue weighted by atomic mass is 10.1. The first-order chi connectivity index (χ1) is 14.8. The zero-order chi connectivity index (χ0) is 22.3. The van der Waals surface area contributed by atoms with E-state index in [0.29, 0.717) is 34.7 Å². The summed E-state index contributed by atoms with van der Waals surface area (Å²) in [6.07, 6.45) is -1.63. The van der Waals surface area contributed by atoms with Crippen LogP contribution in [0.25, 0.3) is 0 Å². The molecule has 0 aliphatic rings. The molecule has 0 fully saturated rings. The van der Waals surface area contributed by atoms with Crippen molar-refractivity contribution in [2.24, 2.45) is 0 Å². The average molecular weight is 448 g/mol. The van der Waals surface area contributed by atoms with Crippen LogP contribution in [0, 0.1) is 5.82 Å². The molecule has 1 aromatic heterocycles. The molecule has 1 heterocycles. The highest BCUT2D eigenvalue weighted by Crippen LogP contribution is 2.30. The van der Waals surface area contributed by atoms with Gasteiger partial charge < -0.3 is 5.32 Å². The Morgan fingerprint density at radius 3 is 2.52 bits per heavy atom. The molecular weight excluding hydrogens is 428 g/mol. The van der Waals surface area contributed by atoms with Gasteiger partial charge in [0, 0.05) is 12.7 Å². The van der Waals surface area contributed by atoms with Crippen molar-refractivity contribution in [1.82, 2.24) is 10.3 Å². The molecule has 0 spiro atoms. The lowest BCUT2D eigenvalue weighted by Gasteiger charge is -2.10. The van der Waals surface area contributed by atoms with E-state index in [0.717, 1.165) is 11.6 Å². The molecule has 3 rings (SSSR count). The number of aromatic nitrogens is 1. The normalized spacial score (nSPS) is 11.4. The molecule has 0 unspecified atom stereocenters. The highest BCUT2D eigenvalue weighted by molar-refractivity contribution is 7.99. The largest absolute Gasteiger partial charge is 0.416 e. The van der Waals surface area contributed by atoms with Gasteiger partial charge in [-0.05, 0) is 60.1 Å². The number of amides is 1. The minimum absolute atomic E-state index is 0.258. The molecular formula is C23H20F4N2OS. The van der Waals surface area contributed by atoms with Crippen molar-refractivity contribution in [3.05, 3.63) is 94.9 Å². The molecule has 3 nitrogen and oxygen atoms in total. The molecule has 162 valence electrons. The maximum atomic E-state index is 13.0. The monoisotopic (exact) mass is 448 g/mol. The molecule has 8 heteroatoms. The second kappa shape index (κ2) is 10.4. The SMILES string of the molecule is O=C(NCc1ccc(F)cc1)c1cccnc1SCCCc1cccc(C(F)(F)F)c1. The maximum Gasteiger partial charge on any atom is 0.416 e. The van der Waals surface area contributed by atoms with Crippen molar-refractivity contribution in [3.8, 4) is 0 Å². The van der Waals surface area contributed by atoms with Gasteiger partial charge in [-0.1, -0.05) is 30.3 Å². The highest BCUT2D eigenvalue weighted by Gasteiger charge is 2.30. The van der Waals surface area contributed by atoms with Gasteiger partial charge in [0.2, 0.25) is 0 Å². The molecule has 1 amide bonds. The van der Waals surface area contributed by atoms with Crippen molar-refractivity contribution < 1.29 is 22.4 Å². The summed E-state index contributed by atoms with van der Waals surface area (Å²) in [5, 5.41) is 3.35. The lowest BCUT2D eigenvalue weighted by molar-refractivity contribution is -0.137. The number of halogens is 4. The summed E-state index contributed by atoms with van der Waals surface area (Å²) in [6.45, 7) is 0.258.